The molecule has 0 saturated heterocycles. The molecule has 1 aliphatic heterocycles. The summed E-state index contributed by atoms with van der Waals surface area (Å²) in [5.74, 6) is -0.0419. The van der Waals surface area contributed by atoms with Crippen molar-refractivity contribution in [1.29, 1.82) is 0 Å². The van der Waals surface area contributed by atoms with E-state index in [2.05, 4.69) is 56.6 Å². The van der Waals surface area contributed by atoms with E-state index in [1.807, 2.05) is 30.9 Å². The lowest BCUT2D eigenvalue weighted by molar-refractivity contribution is -0.122. The van der Waals surface area contributed by atoms with E-state index in [-0.39, 0.29) is 30.1 Å². The summed E-state index contributed by atoms with van der Waals surface area (Å²) in [7, 11) is 0. The molecule has 3 rings (SSSR count). The van der Waals surface area contributed by atoms with Crippen molar-refractivity contribution in [2.75, 3.05) is 19.6 Å². The number of nitrogens with one attached hydrogen (secondary N) is 2. The van der Waals surface area contributed by atoms with Gasteiger partial charge in [0.1, 0.15) is 0 Å². The van der Waals surface area contributed by atoms with E-state index >= 15 is 0 Å². The van der Waals surface area contributed by atoms with Crippen LogP contribution in [0.4, 0.5) is 0 Å². The number of nitrogens with zero attached hydrogens (tertiary/aromatic N) is 5. The van der Waals surface area contributed by atoms with Crippen molar-refractivity contribution < 1.29 is 4.79 Å². The normalized spacial score (nSPS) is 17.1. The van der Waals surface area contributed by atoms with Crippen LogP contribution in [0.2, 0.25) is 0 Å². The molecule has 1 aliphatic rings. The first-order valence-corrected chi connectivity index (χ1v) is 11.0. The summed E-state index contributed by atoms with van der Waals surface area (Å²) in [6.45, 7) is 9.80. The number of hydrogen-bond acceptors (Lipinski definition) is 7. The number of rotatable bonds is 9. The second-order valence-electron chi connectivity index (χ2n) is 8.68. The van der Waals surface area contributed by atoms with Crippen LogP contribution in [0.25, 0.3) is 0 Å². The second kappa shape index (κ2) is 10.9. The van der Waals surface area contributed by atoms with Crippen molar-refractivity contribution in [2.24, 2.45) is 4.99 Å². The molecule has 0 aliphatic carbocycles. The molecular weight excluding hydrogens is 402 g/mol. The minimum Gasteiger partial charge on any atom is -0.350 e. The average Bonchev–Trinajstić information content (AvgIpc) is 3.03. The number of aliphatic imine (C=N–C) groups is 1. The molecule has 2 N–H and O–H groups in total. The standard InChI is InChI=1S/C24H33N7O/c1-5-22(28-16-24(3,4)21-14-25-10-11-27-21)30-23(32)15-31-12-6-7-20(29-17-31)19-8-9-26-18(2)13-19/h6-11,13-14,17,20,22,28H,5,12,15-16H2,1-4H3,(H,30,32)/t20?,22-/m0/s1. The van der Waals surface area contributed by atoms with E-state index in [4.69, 9.17) is 0 Å². The average molecular weight is 436 g/mol. The smallest absolute Gasteiger partial charge is 0.240 e. The summed E-state index contributed by atoms with van der Waals surface area (Å²) >= 11 is 0. The van der Waals surface area contributed by atoms with Crippen LogP contribution < -0.4 is 10.6 Å². The number of pyridine rings is 1. The molecule has 0 spiro atoms. The third-order valence-electron chi connectivity index (χ3n) is 5.45. The van der Waals surface area contributed by atoms with Crippen LogP contribution in [0.5, 0.6) is 0 Å². The molecule has 32 heavy (non-hydrogen) atoms. The van der Waals surface area contributed by atoms with Gasteiger partial charge in [-0.05, 0) is 31.0 Å². The Morgan fingerprint density at radius 1 is 1.28 bits per heavy atom. The summed E-state index contributed by atoms with van der Waals surface area (Å²) in [4.78, 5) is 32.1. The van der Waals surface area contributed by atoms with Crippen LogP contribution in [0.1, 0.15) is 50.2 Å². The van der Waals surface area contributed by atoms with Gasteiger partial charge >= 0.3 is 0 Å². The second-order valence-corrected chi connectivity index (χ2v) is 8.68. The molecule has 8 heteroatoms. The molecule has 2 aromatic rings. The van der Waals surface area contributed by atoms with Gasteiger partial charge in [-0.15, -0.1) is 0 Å². The lowest BCUT2D eigenvalue weighted by Gasteiger charge is -2.28. The van der Waals surface area contributed by atoms with Gasteiger partial charge in [0.25, 0.3) is 0 Å². The third kappa shape index (κ3) is 6.68. The van der Waals surface area contributed by atoms with Crippen molar-refractivity contribution >= 4 is 12.2 Å². The Balaban J connectivity index is 1.51. The first-order chi connectivity index (χ1) is 15.4. The maximum atomic E-state index is 12.7. The van der Waals surface area contributed by atoms with Crippen molar-refractivity contribution in [1.82, 2.24) is 30.5 Å². The third-order valence-corrected chi connectivity index (χ3v) is 5.45. The van der Waals surface area contributed by atoms with Crippen LogP contribution in [0.3, 0.4) is 0 Å². The molecule has 0 aromatic carbocycles. The van der Waals surface area contributed by atoms with Gasteiger partial charge < -0.3 is 10.2 Å². The lowest BCUT2D eigenvalue weighted by Crippen LogP contribution is -2.51. The summed E-state index contributed by atoms with van der Waals surface area (Å²) in [5.41, 5.74) is 2.78. The number of aryl methyl sites for hydroxylation is 1. The molecule has 1 unspecified atom stereocenters. The van der Waals surface area contributed by atoms with Crippen molar-refractivity contribution in [3.63, 3.8) is 0 Å². The predicted octanol–water partition coefficient (Wildman–Crippen LogP) is 2.54. The van der Waals surface area contributed by atoms with Gasteiger partial charge in [0.05, 0.1) is 30.8 Å². The maximum absolute atomic E-state index is 12.7. The predicted molar refractivity (Wildman–Crippen MR) is 126 cm³/mol. The molecule has 0 saturated carbocycles. The molecule has 2 atom stereocenters. The van der Waals surface area contributed by atoms with Crippen molar-refractivity contribution in [3.8, 4) is 0 Å². The topological polar surface area (TPSA) is 95.4 Å². The minimum atomic E-state index is -0.199. The van der Waals surface area contributed by atoms with Crippen LogP contribution in [-0.4, -0.2) is 57.9 Å². The highest BCUT2D eigenvalue weighted by Gasteiger charge is 2.24. The Labute approximate surface area is 190 Å². The fourth-order valence-corrected chi connectivity index (χ4v) is 3.48. The first-order valence-electron chi connectivity index (χ1n) is 11.0. The summed E-state index contributed by atoms with van der Waals surface area (Å²) in [6, 6.07) is 3.95. The van der Waals surface area contributed by atoms with Crippen LogP contribution in [-0.2, 0) is 10.2 Å². The van der Waals surface area contributed by atoms with Gasteiger partial charge in [-0.25, -0.2) is 0 Å². The fourth-order valence-electron chi connectivity index (χ4n) is 3.48. The van der Waals surface area contributed by atoms with Crippen molar-refractivity contribution in [3.05, 3.63) is 66.0 Å². The zero-order valence-electron chi connectivity index (χ0n) is 19.3. The van der Waals surface area contributed by atoms with Gasteiger partial charge in [-0.1, -0.05) is 32.9 Å². The number of carbonyl (C=O) groups excluding carboxylic acids is 1. The number of amides is 1. The van der Waals surface area contributed by atoms with E-state index < -0.39 is 0 Å². The van der Waals surface area contributed by atoms with E-state index in [9.17, 15) is 4.79 Å². The molecule has 8 nitrogen and oxygen atoms in total. The van der Waals surface area contributed by atoms with Gasteiger partial charge in [0.2, 0.25) is 5.91 Å². The molecule has 170 valence electrons. The van der Waals surface area contributed by atoms with E-state index in [0.29, 0.717) is 13.1 Å². The zero-order chi connectivity index (χ0) is 23.0. The first kappa shape index (κ1) is 23.5. The van der Waals surface area contributed by atoms with E-state index in [1.165, 1.54) is 0 Å². The van der Waals surface area contributed by atoms with E-state index in [0.717, 1.165) is 23.4 Å². The highest BCUT2D eigenvalue weighted by molar-refractivity contribution is 5.80. The Morgan fingerprint density at radius 3 is 2.84 bits per heavy atom. The lowest BCUT2D eigenvalue weighted by atomic mass is 9.89. The van der Waals surface area contributed by atoms with E-state index in [1.54, 1.807) is 31.1 Å². The van der Waals surface area contributed by atoms with Gasteiger partial charge in [0, 0.05) is 49.0 Å². The Morgan fingerprint density at radius 2 is 2.12 bits per heavy atom. The van der Waals surface area contributed by atoms with Crippen LogP contribution in [0.15, 0.2) is 54.1 Å². The SMILES string of the molecule is CC[C@@H](NCC(C)(C)c1cnccn1)NC(=O)CN1C=NC(c2ccnc(C)c2)C=CC1. The fraction of sp³-hybridized carbons (Fsp3) is 0.458. The largest absolute Gasteiger partial charge is 0.350 e. The summed E-state index contributed by atoms with van der Waals surface area (Å²) in [5, 5.41) is 6.54. The molecule has 2 aromatic heterocycles. The molecule has 0 radical (unpaired) electrons. The maximum Gasteiger partial charge on any atom is 0.240 e. The number of carbonyl (C=O) groups is 1. The highest BCUT2D eigenvalue weighted by Crippen LogP contribution is 2.21. The zero-order valence-corrected chi connectivity index (χ0v) is 19.3. The Bertz CT molecular complexity index is 942. The van der Waals surface area contributed by atoms with Crippen molar-refractivity contribution in [2.45, 2.75) is 51.7 Å². The number of hydrogen-bond donors (Lipinski definition) is 2. The summed E-state index contributed by atoms with van der Waals surface area (Å²) < 4.78 is 0. The number of aromatic nitrogens is 3. The van der Waals surface area contributed by atoms with Gasteiger partial charge in [0.15, 0.2) is 0 Å². The minimum absolute atomic E-state index is 0.0419. The Hall–Kier alpha value is -3.13. The monoisotopic (exact) mass is 435 g/mol. The molecule has 3 heterocycles. The molecule has 0 fully saturated rings. The highest BCUT2D eigenvalue weighted by atomic mass is 16.2. The van der Waals surface area contributed by atoms with Gasteiger partial charge in [-0.3, -0.25) is 30.1 Å². The molecule has 1 amide bonds. The van der Waals surface area contributed by atoms with Crippen LogP contribution in [0, 0.1) is 6.92 Å². The van der Waals surface area contributed by atoms with Gasteiger partial charge in [-0.2, -0.15) is 0 Å². The quantitative estimate of drug-likeness (QED) is 0.464. The molecular formula is C24H33N7O. The van der Waals surface area contributed by atoms with Crippen LogP contribution >= 0.6 is 0 Å². The summed E-state index contributed by atoms with van der Waals surface area (Å²) in [6.07, 6.45) is 13.5. The Kier molecular flexibility index (Phi) is 8.05. The molecule has 0 bridgehead atoms.